The third-order valence-corrected chi connectivity index (χ3v) is 6.79. The van der Waals surface area contributed by atoms with Crippen molar-refractivity contribution < 1.29 is 13.2 Å². The molecule has 11 nitrogen and oxygen atoms in total. The molecule has 0 bridgehead atoms. The average molecular weight is 497 g/mol. The molecule has 0 unspecified atom stereocenters. The molecule has 4 rings (SSSR count). The van der Waals surface area contributed by atoms with Gasteiger partial charge in [0.25, 0.3) is 5.56 Å². The van der Waals surface area contributed by atoms with E-state index in [1.165, 1.54) is 30.0 Å². The summed E-state index contributed by atoms with van der Waals surface area (Å²) in [6, 6.07) is 13.0. The van der Waals surface area contributed by atoms with Gasteiger partial charge in [0.1, 0.15) is 0 Å². The monoisotopic (exact) mass is 496 g/mol. The third kappa shape index (κ3) is 5.23. The van der Waals surface area contributed by atoms with Gasteiger partial charge >= 0.3 is 5.69 Å². The van der Waals surface area contributed by atoms with E-state index < -0.39 is 21.3 Å². The van der Waals surface area contributed by atoms with Crippen LogP contribution < -0.4 is 21.3 Å². The number of carbonyl (C=O) groups is 1. The number of imidazole rings is 1. The van der Waals surface area contributed by atoms with Crippen LogP contribution in [0.15, 0.2) is 69.3 Å². The number of anilines is 1. The van der Waals surface area contributed by atoms with E-state index in [1.54, 1.807) is 41.0 Å². The van der Waals surface area contributed by atoms with Crippen LogP contribution in [0.3, 0.4) is 0 Å². The molecule has 0 aliphatic heterocycles. The fraction of sp³-hybridized carbons (Fsp3) is 0.217. The number of aryl methyl sites for hydroxylation is 1. The molecule has 0 aliphatic rings. The van der Waals surface area contributed by atoms with Crippen molar-refractivity contribution in [1.82, 2.24) is 23.8 Å². The second-order valence-corrected chi connectivity index (χ2v) is 9.67. The SMILES string of the molecule is CCn1cnc2c1c(=O)[nH]c(=O)n2Cc1ccc(CNS(=O)(=O)c2cccc(NC(C)=O)c2)cc1. The summed E-state index contributed by atoms with van der Waals surface area (Å²) in [5.74, 6) is -0.295. The molecule has 4 aromatic rings. The van der Waals surface area contributed by atoms with Gasteiger partial charge in [-0.05, 0) is 36.2 Å². The van der Waals surface area contributed by atoms with Crippen LogP contribution in [-0.4, -0.2) is 33.4 Å². The number of fused-ring (bicyclic) bond motifs is 1. The van der Waals surface area contributed by atoms with Gasteiger partial charge in [-0.2, -0.15) is 0 Å². The topological polar surface area (TPSA) is 148 Å². The van der Waals surface area contributed by atoms with Crippen molar-refractivity contribution in [3.63, 3.8) is 0 Å². The molecule has 1 amide bonds. The van der Waals surface area contributed by atoms with Crippen LogP contribution in [0, 0.1) is 0 Å². The quantitative estimate of drug-likeness (QED) is 0.336. The van der Waals surface area contributed by atoms with Gasteiger partial charge < -0.3 is 9.88 Å². The lowest BCUT2D eigenvalue weighted by Crippen LogP contribution is -2.31. The molecule has 0 saturated carbocycles. The van der Waals surface area contributed by atoms with Crippen LogP contribution in [0.5, 0.6) is 0 Å². The number of aromatic amines is 1. The number of aromatic nitrogens is 4. The Kier molecular flexibility index (Phi) is 6.67. The maximum atomic E-state index is 12.7. The highest BCUT2D eigenvalue weighted by Crippen LogP contribution is 2.16. The highest BCUT2D eigenvalue weighted by atomic mass is 32.2. The Morgan fingerprint density at radius 2 is 1.80 bits per heavy atom. The zero-order valence-electron chi connectivity index (χ0n) is 19.1. The second kappa shape index (κ2) is 9.68. The minimum atomic E-state index is -3.80. The third-order valence-electron chi connectivity index (χ3n) is 5.39. The van der Waals surface area contributed by atoms with Crippen molar-refractivity contribution in [1.29, 1.82) is 0 Å². The van der Waals surface area contributed by atoms with E-state index in [0.717, 1.165) is 5.56 Å². The van der Waals surface area contributed by atoms with E-state index in [-0.39, 0.29) is 23.9 Å². The van der Waals surface area contributed by atoms with E-state index in [0.29, 0.717) is 29.0 Å². The highest BCUT2D eigenvalue weighted by molar-refractivity contribution is 7.89. The van der Waals surface area contributed by atoms with Crippen molar-refractivity contribution in [2.75, 3.05) is 5.32 Å². The Morgan fingerprint density at radius 3 is 2.49 bits per heavy atom. The summed E-state index contributed by atoms with van der Waals surface area (Å²) in [6.07, 6.45) is 1.52. The molecular formula is C23H24N6O5S. The lowest BCUT2D eigenvalue weighted by atomic mass is 10.1. The lowest BCUT2D eigenvalue weighted by molar-refractivity contribution is -0.114. The molecule has 2 aromatic carbocycles. The first kappa shape index (κ1) is 24.1. The fourth-order valence-electron chi connectivity index (χ4n) is 3.66. The minimum absolute atomic E-state index is 0.0355. The molecule has 2 aromatic heterocycles. The number of benzene rings is 2. The Labute approximate surface area is 200 Å². The van der Waals surface area contributed by atoms with E-state index in [2.05, 4.69) is 20.0 Å². The number of nitrogens with zero attached hydrogens (tertiary/aromatic N) is 3. The molecule has 0 aliphatic carbocycles. The largest absolute Gasteiger partial charge is 0.330 e. The number of amides is 1. The van der Waals surface area contributed by atoms with Crippen LogP contribution in [0.4, 0.5) is 5.69 Å². The zero-order valence-corrected chi connectivity index (χ0v) is 19.9. The molecule has 0 radical (unpaired) electrons. The van der Waals surface area contributed by atoms with Crippen LogP contribution in [-0.2, 0) is 34.5 Å². The summed E-state index contributed by atoms with van der Waals surface area (Å²) in [6.45, 7) is 4.01. The number of carbonyl (C=O) groups excluding carboxylic acids is 1. The fourth-order valence-corrected chi connectivity index (χ4v) is 4.72. The molecule has 182 valence electrons. The Hall–Kier alpha value is -4.03. The molecule has 2 heterocycles. The molecule has 0 fully saturated rings. The van der Waals surface area contributed by atoms with Crippen LogP contribution >= 0.6 is 0 Å². The van der Waals surface area contributed by atoms with E-state index in [1.807, 2.05) is 6.92 Å². The lowest BCUT2D eigenvalue weighted by Gasteiger charge is -2.10. The molecule has 35 heavy (non-hydrogen) atoms. The normalized spacial score (nSPS) is 11.6. The number of hydrogen-bond acceptors (Lipinski definition) is 6. The summed E-state index contributed by atoms with van der Waals surface area (Å²) in [5, 5.41) is 2.56. The van der Waals surface area contributed by atoms with E-state index in [4.69, 9.17) is 0 Å². The molecule has 0 atom stereocenters. The average Bonchev–Trinajstić information content (AvgIpc) is 3.26. The van der Waals surface area contributed by atoms with Gasteiger partial charge in [-0.15, -0.1) is 0 Å². The second-order valence-electron chi connectivity index (χ2n) is 7.90. The summed E-state index contributed by atoms with van der Waals surface area (Å²) in [4.78, 5) is 42.4. The standard InChI is InChI=1S/C23H24N6O5S/c1-3-28-14-24-21-20(28)22(31)27-23(32)29(21)13-17-9-7-16(8-10-17)12-25-35(33,34)19-6-4-5-18(11-19)26-15(2)30/h4-11,14,25H,3,12-13H2,1-2H3,(H,26,30)(H,27,31,32). The van der Waals surface area contributed by atoms with Crippen molar-refractivity contribution >= 4 is 32.8 Å². The first-order chi connectivity index (χ1) is 16.7. The van der Waals surface area contributed by atoms with Gasteiger partial charge in [0.05, 0.1) is 17.8 Å². The maximum absolute atomic E-state index is 12.7. The van der Waals surface area contributed by atoms with Gasteiger partial charge in [-0.3, -0.25) is 19.1 Å². The predicted octanol–water partition coefficient (Wildman–Crippen LogP) is 1.39. The zero-order chi connectivity index (χ0) is 25.2. The summed E-state index contributed by atoms with van der Waals surface area (Å²) < 4.78 is 30.9. The van der Waals surface area contributed by atoms with Gasteiger partial charge in [-0.25, -0.2) is 22.9 Å². The molecule has 12 heteroatoms. The van der Waals surface area contributed by atoms with Gasteiger partial charge in [-0.1, -0.05) is 30.3 Å². The number of hydrogen-bond donors (Lipinski definition) is 3. The van der Waals surface area contributed by atoms with Crippen molar-refractivity contribution in [2.45, 2.75) is 38.4 Å². The smallest absolute Gasteiger partial charge is 0.326 e. The Bertz CT molecular complexity index is 1620. The Balaban J connectivity index is 1.49. The van der Waals surface area contributed by atoms with Gasteiger partial charge in [0.2, 0.25) is 15.9 Å². The van der Waals surface area contributed by atoms with Crippen LogP contribution in [0.25, 0.3) is 11.2 Å². The first-order valence-corrected chi connectivity index (χ1v) is 12.3. The Morgan fingerprint density at radius 1 is 1.09 bits per heavy atom. The molecule has 3 N–H and O–H groups in total. The van der Waals surface area contributed by atoms with Crippen molar-refractivity contribution in [2.24, 2.45) is 0 Å². The summed E-state index contributed by atoms with van der Waals surface area (Å²) in [5.41, 5.74) is 1.48. The highest BCUT2D eigenvalue weighted by Gasteiger charge is 2.15. The van der Waals surface area contributed by atoms with Crippen molar-refractivity contribution in [3.8, 4) is 0 Å². The number of H-pyrrole nitrogens is 1. The van der Waals surface area contributed by atoms with Gasteiger partial charge in [0.15, 0.2) is 11.2 Å². The van der Waals surface area contributed by atoms with E-state index >= 15 is 0 Å². The maximum Gasteiger partial charge on any atom is 0.330 e. The summed E-state index contributed by atoms with van der Waals surface area (Å²) >= 11 is 0. The van der Waals surface area contributed by atoms with Crippen LogP contribution in [0.1, 0.15) is 25.0 Å². The minimum Gasteiger partial charge on any atom is -0.326 e. The number of sulfonamides is 1. The molecular weight excluding hydrogens is 472 g/mol. The van der Waals surface area contributed by atoms with Crippen molar-refractivity contribution in [3.05, 3.63) is 86.8 Å². The first-order valence-electron chi connectivity index (χ1n) is 10.8. The van der Waals surface area contributed by atoms with Crippen LogP contribution in [0.2, 0.25) is 0 Å². The number of rotatable bonds is 8. The van der Waals surface area contributed by atoms with Gasteiger partial charge in [0, 0.05) is 25.7 Å². The predicted molar refractivity (Wildman–Crippen MR) is 131 cm³/mol. The number of nitrogens with one attached hydrogen (secondary N) is 3. The molecule has 0 spiro atoms. The molecule has 0 saturated heterocycles. The summed E-state index contributed by atoms with van der Waals surface area (Å²) in [7, 11) is -3.80. The van der Waals surface area contributed by atoms with E-state index in [9.17, 15) is 22.8 Å².